The Labute approximate surface area is 221 Å². The Bertz CT molecular complexity index is 843. The molecule has 0 unspecified atom stereocenters. The van der Waals surface area contributed by atoms with Crippen LogP contribution in [0.1, 0.15) is 131 Å². The molecule has 1 saturated heterocycles. The van der Waals surface area contributed by atoms with E-state index in [1.165, 1.54) is 5.56 Å². The summed E-state index contributed by atoms with van der Waals surface area (Å²) in [6.45, 7) is 26.7. The van der Waals surface area contributed by atoms with E-state index in [4.69, 9.17) is 14.0 Å². The molecule has 1 heterocycles. The van der Waals surface area contributed by atoms with Crippen LogP contribution in [0.3, 0.4) is 0 Å². The molecule has 0 atom stereocenters. The summed E-state index contributed by atoms with van der Waals surface area (Å²) in [6, 6.07) is 4.43. The minimum absolute atomic E-state index is 0.0790. The van der Waals surface area contributed by atoms with E-state index < -0.39 is 13.5 Å². The molecule has 0 spiro atoms. The first kappa shape index (κ1) is 31.7. The summed E-state index contributed by atoms with van der Waals surface area (Å²) in [7, 11) is -4.53. The molecule has 0 aliphatic carbocycles. The van der Waals surface area contributed by atoms with Crippen molar-refractivity contribution in [3.05, 3.63) is 34.4 Å². The van der Waals surface area contributed by atoms with Crippen molar-refractivity contribution < 1.29 is 23.8 Å². The molecule has 36 heavy (non-hydrogen) atoms. The maximum absolute atomic E-state index is 11.7. The van der Waals surface area contributed by atoms with Crippen LogP contribution in [0.4, 0.5) is 0 Å². The first-order valence-electron chi connectivity index (χ1n) is 13.9. The Kier molecular flexibility index (Phi) is 9.59. The van der Waals surface area contributed by atoms with Gasteiger partial charge in [0.2, 0.25) is 0 Å². The second-order valence-electron chi connectivity index (χ2n) is 13.9. The van der Waals surface area contributed by atoms with Gasteiger partial charge >= 0.3 is 222 Å². The Hall–Kier alpha value is -0.550. The fourth-order valence-corrected chi connectivity index (χ4v) is 6.78. The number of unbranched alkanes of at least 4 members (excludes halogenated alkanes) is 1. The molecule has 2 N–H and O–H groups in total. The first-order valence-corrected chi connectivity index (χ1v) is 15.7. The molecule has 0 bridgehead atoms. The fourth-order valence-electron chi connectivity index (χ4n) is 5.07. The van der Waals surface area contributed by atoms with Crippen LogP contribution in [0.5, 0.6) is 0 Å². The maximum atomic E-state index is 11.7. The van der Waals surface area contributed by atoms with E-state index >= 15 is 0 Å². The average molecular weight is 527 g/mol. The summed E-state index contributed by atoms with van der Waals surface area (Å²) >= 11 is 0. The predicted molar refractivity (Wildman–Crippen MR) is 153 cm³/mol. The van der Waals surface area contributed by atoms with Gasteiger partial charge in [-0.05, 0) is 0 Å². The summed E-state index contributed by atoms with van der Waals surface area (Å²) in [6.07, 6.45) is 4.07. The molecule has 5 nitrogen and oxygen atoms in total. The SMILES string of the molecule is CCCCC1(CC)COC(c2c(C(C)(C)C)cc(C(C)(C)C)cc2C(C)(C)C)([PH](O)(O)OCC)OC1. The molecule has 1 aliphatic rings. The zero-order valence-electron chi connectivity index (χ0n) is 25.2. The van der Waals surface area contributed by atoms with Gasteiger partial charge in [0, 0.05) is 0 Å². The summed E-state index contributed by atoms with van der Waals surface area (Å²) < 4.78 is 19.1. The number of rotatable bonds is 8. The van der Waals surface area contributed by atoms with Gasteiger partial charge in [-0.3, -0.25) is 0 Å². The van der Waals surface area contributed by atoms with Crippen LogP contribution in [0.2, 0.25) is 0 Å². The van der Waals surface area contributed by atoms with Crippen molar-refractivity contribution in [2.75, 3.05) is 19.8 Å². The van der Waals surface area contributed by atoms with E-state index in [9.17, 15) is 9.79 Å². The van der Waals surface area contributed by atoms with Gasteiger partial charge in [0.15, 0.2) is 0 Å². The van der Waals surface area contributed by atoms with Crippen molar-refractivity contribution in [1.82, 2.24) is 0 Å². The van der Waals surface area contributed by atoms with Crippen molar-refractivity contribution in [3.63, 3.8) is 0 Å². The molecule has 1 aliphatic heterocycles. The Morgan fingerprint density at radius 2 is 1.31 bits per heavy atom. The topological polar surface area (TPSA) is 68.2 Å². The summed E-state index contributed by atoms with van der Waals surface area (Å²) in [4.78, 5) is 23.4. The van der Waals surface area contributed by atoms with Gasteiger partial charge in [0.05, 0.1) is 0 Å². The molecule has 0 saturated carbocycles. The molecule has 0 aromatic heterocycles. The van der Waals surface area contributed by atoms with Crippen molar-refractivity contribution in [1.29, 1.82) is 0 Å². The van der Waals surface area contributed by atoms with Gasteiger partial charge < -0.3 is 0 Å². The van der Waals surface area contributed by atoms with Gasteiger partial charge in [-0.1, -0.05) is 0 Å². The van der Waals surface area contributed by atoms with E-state index in [0.29, 0.717) is 13.2 Å². The third-order valence-electron chi connectivity index (χ3n) is 7.70. The zero-order valence-corrected chi connectivity index (χ0v) is 26.2. The number of hydrogen-bond donors (Lipinski definition) is 2. The number of ether oxygens (including phenoxy) is 2. The molecule has 1 aromatic carbocycles. The fraction of sp³-hybridized carbons (Fsp3) is 0.800. The van der Waals surface area contributed by atoms with Crippen molar-refractivity contribution >= 4 is 7.94 Å². The van der Waals surface area contributed by atoms with Crippen LogP contribution in [-0.2, 0) is 35.8 Å². The molecular weight excluding hydrogens is 471 g/mol. The first-order chi connectivity index (χ1) is 16.3. The van der Waals surface area contributed by atoms with Crippen LogP contribution >= 0.6 is 7.94 Å². The van der Waals surface area contributed by atoms with E-state index in [0.717, 1.165) is 42.4 Å². The molecular formula is C30H55O5P. The van der Waals surface area contributed by atoms with Gasteiger partial charge in [-0.25, -0.2) is 0 Å². The van der Waals surface area contributed by atoms with Crippen molar-refractivity contribution in [3.8, 4) is 0 Å². The summed E-state index contributed by atoms with van der Waals surface area (Å²) in [5.41, 5.74) is 1.40. The molecule has 2 rings (SSSR count). The molecule has 6 heteroatoms. The third kappa shape index (κ3) is 6.35. The normalized spacial score (nSPS) is 24.7. The van der Waals surface area contributed by atoms with Crippen molar-refractivity contribution in [2.45, 2.75) is 131 Å². The van der Waals surface area contributed by atoms with Gasteiger partial charge in [-0.2, -0.15) is 0 Å². The van der Waals surface area contributed by atoms with E-state index in [1.807, 2.05) is 0 Å². The Morgan fingerprint density at radius 3 is 1.64 bits per heavy atom. The molecule has 210 valence electrons. The zero-order chi connectivity index (χ0) is 27.8. The minimum atomic E-state index is -4.53. The van der Waals surface area contributed by atoms with E-state index in [1.54, 1.807) is 6.92 Å². The average Bonchev–Trinajstić information content (AvgIpc) is 2.75. The van der Waals surface area contributed by atoms with Gasteiger partial charge in [-0.15, -0.1) is 0 Å². The Balaban J connectivity index is 2.95. The summed E-state index contributed by atoms with van der Waals surface area (Å²) in [5, 5.41) is 0. The van der Waals surface area contributed by atoms with E-state index in [2.05, 4.69) is 88.3 Å². The molecule has 0 radical (unpaired) electrons. The summed E-state index contributed by atoms with van der Waals surface area (Å²) in [5.74, 6) is 0. The second kappa shape index (κ2) is 10.9. The second-order valence-corrected chi connectivity index (χ2v) is 16.1. The van der Waals surface area contributed by atoms with Crippen LogP contribution in [-0.4, -0.2) is 29.6 Å². The van der Waals surface area contributed by atoms with Crippen LogP contribution in [0, 0.1) is 5.41 Å². The standard InChI is InChI=1S/C30H55O5P/c1-13-16-17-29(14-2)20-33-30(34-21-29,36(31,32)35-15-3)25-23(27(7,8)9)18-22(26(4,5)6)19-24(25)28(10,11)12/h18-19,31-32,36H,13-17,20-21H2,1-12H3. The van der Waals surface area contributed by atoms with Gasteiger partial charge in [0.25, 0.3) is 0 Å². The molecule has 0 amide bonds. The van der Waals surface area contributed by atoms with Crippen LogP contribution in [0.25, 0.3) is 0 Å². The van der Waals surface area contributed by atoms with Crippen LogP contribution < -0.4 is 0 Å². The quantitative estimate of drug-likeness (QED) is 0.338. The third-order valence-corrected chi connectivity index (χ3v) is 9.79. The number of hydrogen-bond acceptors (Lipinski definition) is 5. The molecule has 1 fully saturated rings. The molecule has 1 aromatic rings. The Morgan fingerprint density at radius 1 is 0.833 bits per heavy atom. The van der Waals surface area contributed by atoms with Crippen molar-refractivity contribution in [2.24, 2.45) is 5.41 Å². The number of benzene rings is 1. The van der Waals surface area contributed by atoms with Gasteiger partial charge in [0.1, 0.15) is 0 Å². The predicted octanol–water partition coefficient (Wildman–Crippen LogP) is 7.84. The van der Waals surface area contributed by atoms with E-state index in [-0.39, 0.29) is 28.3 Å². The van der Waals surface area contributed by atoms with Crippen LogP contribution in [0.15, 0.2) is 12.1 Å². The monoisotopic (exact) mass is 526 g/mol.